The summed E-state index contributed by atoms with van der Waals surface area (Å²) in [5, 5.41) is 5.45. The Morgan fingerprint density at radius 3 is 2.78 bits per heavy atom. The summed E-state index contributed by atoms with van der Waals surface area (Å²) in [6.45, 7) is 0. The molecule has 1 aliphatic rings. The van der Waals surface area contributed by atoms with Gasteiger partial charge in [0.15, 0.2) is 0 Å². The number of aromatic nitrogens is 2. The van der Waals surface area contributed by atoms with Crippen LogP contribution >= 0.6 is 0 Å². The molecule has 2 N–H and O–H groups in total. The molecule has 7 heteroatoms. The van der Waals surface area contributed by atoms with Crippen LogP contribution in [0.3, 0.4) is 0 Å². The van der Waals surface area contributed by atoms with Gasteiger partial charge in [0.1, 0.15) is 11.6 Å². The van der Waals surface area contributed by atoms with Crippen LogP contribution in [0.2, 0.25) is 0 Å². The van der Waals surface area contributed by atoms with E-state index in [2.05, 4.69) is 20.6 Å². The fourth-order valence-corrected chi connectivity index (χ4v) is 2.02. The summed E-state index contributed by atoms with van der Waals surface area (Å²) < 4.78 is 5.06. The number of hydrogen-bond donors (Lipinski definition) is 2. The summed E-state index contributed by atoms with van der Waals surface area (Å²) in [4.78, 5) is 32.1. The van der Waals surface area contributed by atoms with Gasteiger partial charge in [-0.25, -0.2) is 4.98 Å². The number of amides is 2. The Morgan fingerprint density at radius 2 is 2.04 bits per heavy atom. The molecule has 2 heterocycles. The first kappa shape index (κ1) is 15.0. The van der Waals surface area contributed by atoms with Crippen LogP contribution < -0.4 is 15.4 Å². The third-order valence-electron chi connectivity index (χ3n) is 3.43. The van der Waals surface area contributed by atoms with Crippen LogP contribution in [0.5, 0.6) is 5.75 Å². The van der Waals surface area contributed by atoms with E-state index >= 15 is 0 Å². The number of carbonyl (C=O) groups excluding carboxylic acids is 2. The molecule has 0 radical (unpaired) electrons. The number of nitrogens with zero attached hydrogens (tertiary/aromatic N) is 2. The van der Waals surface area contributed by atoms with E-state index in [0.717, 1.165) is 12.8 Å². The lowest BCUT2D eigenvalue weighted by molar-refractivity contribution is -0.117. The van der Waals surface area contributed by atoms with Crippen molar-refractivity contribution in [3.63, 3.8) is 0 Å². The molecule has 0 bridgehead atoms. The average Bonchev–Trinajstić information content (AvgIpc) is 3.40. The van der Waals surface area contributed by atoms with Gasteiger partial charge >= 0.3 is 0 Å². The fourth-order valence-electron chi connectivity index (χ4n) is 2.02. The van der Waals surface area contributed by atoms with Gasteiger partial charge in [0.05, 0.1) is 25.2 Å². The maximum Gasteiger partial charge on any atom is 0.255 e. The normalized spacial score (nSPS) is 13.3. The van der Waals surface area contributed by atoms with Gasteiger partial charge in [0, 0.05) is 23.7 Å². The highest BCUT2D eigenvalue weighted by Crippen LogP contribution is 2.30. The molecule has 1 aliphatic carbocycles. The summed E-state index contributed by atoms with van der Waals surface area (Å²) in [7, 11) is 1.53. The SMILES string of the molecule is COc1cncc(NC(=O)c2ccnc(NC(=O)C3CC3)c2)c1. The third kappa shape index (κ3) is 3.82. The van der Waals surface area contributed by atoms with Crippen molar-refractivity contribution in [1.29, 1.82) is 0 Å². The first-order chi connectivity index (χ1) is 11.2. The summed E-state index contributed by atoms with van der Waals surface area (Å²) in [5.74, 6) is 0.641. The monoisotopic (exact) mass is 312 g/mol. The lowest BCUT2D eigenvalue weighted by Gasteiger charge is -2.08. The minimum Gasteiger partial charge on any atom is -0.495 e. The highest BCUT2D eigenvalue weighted by Gasteiger charge is 2.29. The Kier molecular flexibility index (Phi) is 4.18. The van der Waals surface area contributed by atoms with Crippen molar-refractivity contribution in [1.82, 2.24) is 9.97 Å². The second kappa shape index (κ2) is 6.43. The molecular formula is C16H16N4O3. The Balaban J connectivity index is 1.70. The molecule has 1 fully saturated rings. The summed E-state index contributed by atoms with van der Waals surface area (Å²) >= 11 is 0. The molecule has 2 aromatic rings. The maximum atomic E-state index is 12.3. The minimum absolute atomic E-state index is 0.0490. The number of hydrogen-bond acceptors (Lipinski definition) is 5. The largest absolute Gasteiger partial charge is 0.495 e. The van der Waals surface area contributed by atoms with Crippen molar-refractivity contribution in [2.75, 3.05) is 17.7 Å². The zero-order valence-corrected chi connectivity index (χ0v) is 12.6. The molecule has 7 nitrogen and oxygen atoms in total. The van der Waals surface area contributed by atoms with Gasteiger partial charge in [-0.15, -0.1) is 0 Å². The van der Waals surface area contributed by atoms with Crippen molar-refractivity contribution >= 4 is 23.3 Å². The van der Waals surface area contributed by atoms with E-state index in [1.807, 2.05) is 0 Å². The van der Waals surface area contributed by atoms with E-state index in [4.69, 9.17) is 4.74 Å². The summed E-state index contributed by atoms with van der Waals surface area (Å²) in [6.07, 6.45) is 6.38. The van der Waals surface area contributed by atoms with Crippen molar-refractivity contribution < 1.29 is 14.3 Å². The predicted octanol–water partition coefficient (Wildman–Crippen LogP) is 2.09. The Labute approximate surface area is 133 Å². The van der Waals surface area contributed by atoms with Gasteiger partial charge in [-0.3, -0.25) is 14.6 Å². The highest BCUT2D eigenvalue weighted by atomic mass is 16.5. The lowest BCUT2D eigenvalue weighted by atomic mass is 10.2. The number of pyridine rings is 2. The fraction of sp³-hybridized carbons (Fsp3) is 0.250. The molecule has 0 unspecified atom stereocenters. The minimum atomic E-state index is -0.315. The standard InChI is InChI=1S/C16H16N4O3/c1-23-13-7-12(8-17-9-13)19-16(22)11-4-5-18-14(6-11)20-15(21)10-2-3-10/h4-10H,2-3H2,1H3,(H,19,22)(H,18,20,21). The molecule has 0 aliphatic heterocycles. The molecule has 118 valence electrons. The van der Waals surface area contributed by atoms with Crippen LogP contribution in [0, 0.1) is 5.92 Å². The molecule has 1 saturated carbocycles. The van der Waals surface area contributed by atoms with Crippen molar-refractivity contribution in [2.45, 2.75) is 12.8 Å². The van der Waals surface area contributed by atoms with Gasteiger partial charge in [-0.2, -0.15) is 0 Å². The van der Waals surface area contributed by atoms with Crippen LogP contribution in [0.4, 0.5) is 11.5 Å². The van der Waals surface area contributed by atoms with E-state index in [9.17, 15) is 9.59 Å². The first-order valence-corrected chi connectivity index (χ1v) is 7.23. The van der Waals surface area contributed by atoms with E-state index in [-0.39, 0.29) is 17.7 Å². The average molecular weight is 312 g/mol. The highest BCUT2D eigenvalue weighted by molar-refractivity contribution is 6.05. The summed E-state index contributed by atoms with van der Waals surface area (Å²) in [6, 6.07) is 4.79. The van der Waals surface area contributed by atoms with Crippen LogP contribution in [0.1, 0.15) is 23.2 Å². The molecule has 23 heavy (non-hydrogen) atoms. The van der Waals surface area contributed by atoms with E-state index in [1.54, 1.807) is 24.4 Å². The van der Waals surface area contributed by atoms with E-state index < -0.39 is 0 Å². The predicted molar refractivity (Wildman–Crippen MR) is 84.3 cm³/mol. The quantitative estimate of drug-likeness (QED) is 0.881. The second-order valence-corrected chi connectivity index (χ2v) is 5.26. The van der Waals surface area contributed by atoms with E-state index in [0.29, 0.717) is 22.8 Å². The topological polar surface area (TPSA) is 93.2 Å². The van der Waals surface area contributed by atoms with Gasteiger partial charge in [0.25, 0.3) is 5.91 Å². The number of nitrogens with one attached hydrogen (secondary N) is 2. The second-order valence-electron chi connectivity index (χ2n) is 5.26. The molecule has 0 spiro atoms. The van der Waals surface area contributed by atoms with Crippen molar-refractivity contribution in [3.8, 4) is 5.75 Å². The Morgan fingerprint density at radius 1 is 1.22 bits per heavy atom. The van der Waals surface area contributed by atoms with Crippen LogP contribution in [-0.2, 0) is 4.79 Å². The smallest absolute Gasteiger partial charge is 0.255 e. The number of rotatable bonds is 5. The molecule has 2 amide bonds. The lowest BCUT2D eigenvalue weighted by Crippen LogP contribution is -2.16. The zero-order chi connectivity index (χ0) is 16.2. The Bertz CT molecular complexity index is 744. The van der Waals surface area contributed by atoms with Gasteiger partial charge < -0.3 is 15.4 Å². The van der Waals surface area contributed by atoms with Crippen LogP contribution in [-0.4, -0.2) is 28.9 Å². The van der Waals surface area contributed by atoms with Gasteiger partial charge in [-0.05, 0) is 25.0 Å². The van der Waals surface area contributed by atoms with Crippen LogP contribution in [0.25, 0.3) is 0 Å². The number of anilines is 2. The van der Waals surface area contributed by atoms with Gasteiger partial charge in [0.2, 0.25) is 5.91 Å². The zero-order valence-electron chi connectivity index (χ0n) is 12.6. The number of methoxy groups -OCH3 is 1. The maximum absolute atomic E-state index is 12.3. The summed E-state index contributed by atoms with van der Waals surface area (Å²) in [5.41, 5.74) is 0.920. The molecule has 0 atom stereocenters. The molecular weight excluding hydrogens is 296 g/mol. The first-order valence-electron chi connectivity index (χ1n) is 7.23. The molecule has 3 rings (SSSR count). The van der Waals surface area contributed by atoms with E-state index in [1.165, 1.54) is 19.5 Å². The molecule has 0 aromatic carbocycles. The van der Waals surface area contributed by atoms with Gasteiger partial charge in [-0.1, -0.05) is 0 Å². The van der Waals surface area contributed by atoms with Crippen molar-refractivity contribution in [3.05, 3.63) is 42.4 Å². The molecule has 2 aromatic heterocycles. The van der Waals surface area contributed by atoms with Crippen LogP contribution in [0.15, 0.2) is 36.8 Å². The number of carbonyl (C=O) groups is 2. The third-order valence-corrected chi connectivity index (χ3v) is 3.43. The molecule has 0 saturated heterocycles. The van der Waals surface area contributed by atoms with Crippen molar-refractivity contribution in [2.24, 2.45) is 5.92 Å². The number of ether oxygens (including phenoxy) is 1. The Hall–Kier alpha value is -2.96.